The van der Waals surface area contributed by atoms with Crippen molar-refractivity contribution in [2.24, 2.45) is 0 Å². The summed E-state index contributed by atoms with van der Waals surface area (Å²) in [6, 6.07) is 6.35. The van der Waals surface area contributed by atoms with Gasteiger partial charge in [0.05, 0.1) is 16.5 Å². The fourth-order valence-corrected chi connectivity index (χ4v) is 1.40. The van der Waals surface area contributed by atoms with Gasteiger partial charge < -0.3 is 0 Å². The summed E-state index contributed by atoms with van der Waals surface area (Å²) in [5, 5.41) is 8.81. The minimum Gasteiger partial charge on any atom is -0.298 e. The number of hydrogen-bond donors (Lipinski definition) is 0. The largest absolute Gasteiger partial charge is 0.298 e. The first-order chi connectivity index (χ1) is 7.10. The molecule has 1 aromatic rings. The highest BCUT2D eigenvalue weighted by Crippen LogP contribution is 2.15. The van der Waals surface area contributed by atoms with Crippen molar-refractivity contribution in [1.82, 2.24) is 0 Å². The van der Waals surface area contributed by atoms with E-state index in [9.17, 15) is 9.59 Å². The summed E-state index contributed by atoms with van der Waals surface area (Å²) in [6.07, 6.45) is 0.650. The number of nitriles is 1. The number of Topliss-reactive ketones (excluding diaryl/α,β-unsaturated/α-hetero) is 1. The van der Waals surface area contributed by atoms with Crippen molar-refractivity contribution in [1.29, 1.82) is 5.26 Å². The Labute approximate surface area is 95.8 Å². The Morgan fingerprint density at radius 2 is 2.27 bits per heavy atom. The maximum atomic E-state index is 11.7. The third-order valence-electron chi connectivity index (χ3n) is 1.93. The van der Waals surface area contributed by atoms with Crippen molar-refractivity contribution in [3.8, 4) is 6.07 Å². The fraction of sp³-hybridized carbons (Fsp3) is 0.182. The minimum atomic E-state index is -0.369. The highest BCUT2D eigenvalue weighted by molar-refractivity contribution is 9.10. The molecule has 1 aromatic carbocycles. The average molecular weight is 266 g/mol. The van der Waals surface area contributed by atoms with E-state index in [-0.39, 0.29) is 21.7 Å². The van der Waals surface area contributed by atoms with Crippen LogP contribution in [0.25, 0.3) is 0 Å². The van der Waals surface area contributed by atoms with E-state index in [1.165, 1.54) is 18.2 Å². The molecule has 0 N–H and O–H groups in total. The molecule has 4 heteroatoms. The van der Waals surface area contributed by atoms with E-state index in [1.807, 2.05) is 6.07 Å². The van der Waals surface area contributed by atoms with Crippen LogP contribution in [0.4, 0.5) is 0 Å². The first-order valence-corrected chi connectivity index (χ1v) is 5.19. The van der Waals surface area contributed by atoms with Gasteiger partial charge >= 0.3 is 0 Å². The molecule has 0 radical (unpaired) electrons. The molecule has 1 atom stereocenters. The standard InChI is InChI=1S/C11H8BrNO2/c1-7(12)11(15)10-4-8(6-14)2-3-9(10)5-13/h2-4,6-7H,1H3. The van der Waals surface area contributed by atoms with Crippen LogP contribution < -0.4 is 0 Å². The molecule has 0 saturated carbocycles. The molecule has 0 aliphatic carbocycles. The molecule has 1 unspecified atom stereocenters. The number of halogens is 1. The zero-order valence-electron chi connectivity index (χ0n) is 8.03. The van der Waals surface area contributed by atoms with Crippen molar-refractivity contribution in [3.63, 3.8) is 0 Å². The predicted octanol–water partition coefficient (Wildman–Crippen LogP) is 2.34. The van der Waals surface area contributed by atoms with E-state index < -0.39 is 0 Å². The lowest BCUT2D eigenvalue weighted by Gasteiger charge is -2.05. The van der Waals surface area contributed by atoms with E-state index in [1.54, 1.807) is 6.92 Å². The highest BCUT2D eigenvalue weighted by Gasteiger charge is 2.16. The number of hydrogen-bond acceptors (Lipinski definition) is 3. The van der Waals surface area contributed by atoms with E-state index in [4.69, 9.17) is 5.26 Å². The molecule has 0 spiro atoms. The van der Waals surface area contributed by atoms with E-state index in [0.29, 0.717) is 11.8 Å². The molecular weight excluding hydrogens is 258 g/mol. The first-order valence-electron chi connectivity index (χ1n) is 4.27. The fourth-order valence-electron chi connectivity index (χ4n) is 1.15. The van der Waals surface area contributed by atoms with Gasteiger partial charge in [-0.3, -0.25) is 9.59 Å². The molecule has 0 bridgehead atoms. The number of carbonyl (C=O) groups is 2. The number of rotatable bonds is 3. The number of ketones is 1. The Hall–Kier alpha value is -1.47. The molecule has 76 valence electrons. The van der Waals surface area contributed by atoms with Crippen LogP contribution in [0.3, 0.4) is 0 Å². The second-order valence-corrected chi connectivity index (χ2v) is 4.39. The third-order valence-corrected chi connectivity index (χ3v) is 2.34. The van der Waals surface area contributed by atoms with Crippen molar-refractivity contribution < 1.29 is 9.59 Å². The van der Waals surface area contributed by atoms with Gasteiger partial charge in [0, 0.05) is 11.1 Å². The van der Waals surface area contributed by atoms with Gasteiger partial charge in [-0.2, -0.15) is 5.26 Å². The van der Waals surface area contributed by atoms with Crippen LogP contribution in [0.2, 0.25) is 0 Å². The molecule has 0 fully saturated rings. The molecule has 0 amide bonds. The average Bonchev–Trinajstić information content (AvgIpc) is 2.27. The maximum absolute atomic E-state index is 11.7. The SMILES string of the molecule is CC(Br)C(=O)c1cc(C=O)ccc1C#N. The lowest BCUT2D eigenvalue weighted by Crippen LogP contribution is -2.12. The zero-order chi connectivity index (χ0) is 11.4. The monoisotopic (exact) mass is 265 g/mol. The van der Waals surface area contributed by atoms with Gasteiger partial charge in [-0.05, 0) is 19.1 Å². The van der Waals surface area contributed by atoms with Crippen LogP contribution in [0, 0.1) is 11.3 Å². The van der Waals surface area contributed by atoms with Gasteiger partial charge in [-0.15, -0.1) is 0 Å². The zero-order valence-corrected chi connectivity index (χ0v) is 9.61. The lowest BCUT2D eigenvalue weighted by molar-refractivity contribution is 0.0995. The highest BCUT2D eigenvalue weighted by atomic mass is 79.9. The van der Waals surface area contributed by atoms with Crippen molar-refractivity contribution >= 4 is 28.0 Å². The Morgan fingerprint density at radius 1 is 1.60 bits per heavy atom. The van der Waals surface area contributed by atoms with Crippen LogP contribution in [0.1, 0.15) is 33.2 Å². The van der Waals surface area contributed by atoms with Gasteiger partial charge in [0.15, 0.2) is 5.78 Å². The number of carbonyl (C=O) groups excluding carboxylic acids is 2. The van der Waals surface area contributed by atoms with E-state index in [0.717, 1.165) is 0 Å². The van der Waals surface area contributed by atoms with Gasteiger partial charge in [0.25, 0.3) is 0 Å². The summed E-state index contributed by atoms with van der Waals surface area (Å²) in [5.74, 6) is -0.199. The summed E-state index contributed by atoms with van der Waals surface area (Å²) in [5.41, 5.74) is 0.967. The Bertz CT molecular complexity index is 446. The van der Waals surface area contributed by atoms with Gasteiger partial charge in [0.2, 0.25) is 0 Å². The normalized spacial score (nSPS) is 11.5. The molecule has 3 nitrogen and oxygen atoms in total. The molecule has 15 heavy (non-hydrogen) atoms. The Kier molecular flexibility index (Phi) is 3.75. The number of benzene rings is 1. The maximum Gasteiger partial charge on any atom is 0.177 e. The molecule has 0 aliphatic rings. The molecule has 1 rings (SSSR count). The van der Waals surface area contributed by atoms with Gasteiger partial charge in [-0.1, -0.05) is 22.0 Å². The predicted molar refractivity (Wildman–Crippen MR) is 59.3 cm³/mol. The summed E-state index contributed by atoms with van der Waals surface area (Å²) < 4.78 is 0. The van der Waals surface area contributed by atoms with Crippen molar-refractivity contribution in [2.75, 3.05) is 0 Å². The van der Waals surface area contributed by atoms with Crippen LogP contribution >= 0.6 is 15.9 Å². The summed E-state index contributed by atoms with van der Waals surface area (Å²) in [4.78, 5) is 21.9. The van der Waals surface area contributed by atoms with Gasteiger partial charge in [0.1, 0.15) is 6.29 Å². The number of alkyl halides is 1. The first kappa shape index (κ1) is 11.6. The van der Waals surface area contributed by atoms with Crippen LogP contribution in [-0.4, -0.2) is 16.9 Å². The topological polar surface area (TPSA) is 57.9 Å². The molecule has 0 saturated heterocycles. The van der Waals surface area contributed by atoms with Crippen LogP contribution in [0.15, 0.2) is 18.2 Å². The second-order valence-electron chi connectivity index (χ2n) is 3.01. The Balaban J connectivity index is 3.31. The molecular formula is C11H8BrNO2. The second kappa shape index (κ2) is 4.85. The third kappa shape index (κ3) is 2.51. The summed E-state index contributed by atoms with van der Waals surface area (Å²) in [7, 11) is 0. The van der Waals surface area contributed by atoms with Crippen molar-refractivity contribution in [2.45, 2.75) is 11.8 Å². The lowest BCUT2D eigenvalue weighted by atomic mass is 10.0. The number of aldehydes is 1. The quantitative estimate of drug-likeness (QED) is 0.479. The Morgan fingerprint density at radius 3 is 2.73 bits per heavy atom. The van der Waals surface area contributed by atoms with E-state index >= 15 is 0 Å². The van der Waals surface area contributed by atoms with Gasteiger partial charge in [-0.25, -0.2) is 0 Å². The molecule has 0 heterocycles. The molecule has 0 aromatic heterocycles. The minimum absolute atomic E-state index is 0.199. The molecule has 0 aliphatic heterocycles. The van der Waals surface area contributed by atoms with E-state index in [2.05, 4.69) is 15.9 Å². The van der Waals surface area contributed by atoms with Crippen LogP contribution in [0.5, 0.6) is 0 Å². The number of nitrogens with zero attached hydrogens (tertiary/aromatic N) is 1. The van der Waals surface area contributed by atoms with Crippen molar-refractivity contribution in [3.05, 3.63) is 34.9 Å². The van der Waals surface area contributed by atoms with Crippen LogP contribution in [-0.2, 0) is 0 Å². The summed E-state index contributed by atoms with van der Waals surface area (Å²) >= 11 is 3.14. The summed E-state index contributed by atoms with van der Waals surface area (Å²) in [6.45, 7) is 1.68. The smallest absolute Gasteiger partial charge is 0.177 e.